The number of methoxy groups -OCH3 is 2. The van der Waals surface area contributed by atoms with E-state index in [4.69, 9.17) is 14.2 Å². The van der Waals surface area contributed by atoms with Crippen molar-refractivity contribution in [1.82, 2.24) is 0 Å². The lowest BCUT2D eigenvalue weighted by molar-refractivity contribution is -0.252. The lowest BCUT2D eigenvalue weighted by Crippen LogP contribution is -2.45. The van der Waals surface area contributed by atoms with Crippen LogP contribution in [0, 0.1) is 11.8 Å². The van der Waals surface area contributed by atoms with Crippen LogP contribution in [0.4, 0.5) is 0 Å². The molecule has 3 atom stereocenters. The number of carbonyl (C=O) groups excluding carboxylic acids is 2. The summed E-state index contributed by atoms with van der Waals surface area (Å²) in [6.07, 6.45) is 3.09. The van der Waals surface area contributed by atoms with Gasteiger partial charge in [-0.3, -0.25) is 4.79 Å². The highest BCUT2D eigenvalue weighted by molar-refractivity contribution is 5.72. The fourth-order valence-corrected chi connectivity index (χ4v) is 2.74. The molecule has 1 saturated carbocycles. The molecule has 0 aromatic rings. The highest BCUT2D eigenvalue weighted by Gasteiger charge is 2.44. The van der Waals surface area contributed by atoms with Crippen LogP contribution >= 0.6 is 0 Å². The highest BCUT2D eigenvalue weighted by atomic mass is 16.7. The third-order valence-corrected chi connectivity index (χ3v) is 3.52. The molecule has 1 rings (SSSR count). The fourth-order valence-electron chi connectivity index (χ4n) is 2.74. The molecule has 1 aliphatic carbocycles. The second-order valence-corrected chi connectivity index (χ2v) is 4.68. The topological polar surface area (TPSA) is 61.8 Å². The largest absolute Gasteiger partial charge is 0.469 e. The second kappa shape index (κ2) is 6.85. The molecule has 18 heavy (non-hydrogen) atoms. The molecule has 1 fully saturated rings. The molecule has 0 heterocycles. The van der Waals surface area contributed by atoms with Crippen LogP contribution in [0.2, 0.25) is 0 Å². The molecule has 0 amide bonds. The molecule has 0 saturated heterocycles. The van der Waals surface area contributed by atoms with Crippen molar-refractivity contribution in [3.8, 4) is 0 Å². The number of hydrogen-bond donors (Lipinski definition) is 0. The van der Waals surface area contributed by atoms with E-state index in [-0.39, 0.29) is 17.8 Å². The molecule has 0 radical (unpaired) electrons. The summed E-state index contributed by atoms with van der Waals surface area (Å²) < 4.78 is 15.9. The van der Waals surface area contributed by atoms with E-state index >= 15 is 0 Å². The Balaban J connectivity index is 2.84. The summed E-state index contributed by atoms with van der Waals surface area (Å²) in [5.41, 5.74) is 0. The number of hydrogen-bond acceptors (Lipinski definition) is 5. The van der Waals surface area contributed by atoms with Crippen LogP contribution in [0.5, 0.6) is 0 Å². The molecule has 0 N–H and O–H groups in total. The maximum absolute atomic E-state index is 11.7. The van der Waals surface area contributed by atoms with Gasteiger partial charge < -0.3 is 19.0 Å². The van der Waals surface area contributed by atoms with E-state index in [1.54, 1.807) is 7.11 Å². The summed E-state index contributed by atoms with van der Waals surface area (Å²) in [6.45, 7) is 2.40. The Labute approximate surface area is 108 Å². The normalized spacial score (nSPS) is 31.9. The quantitative estimate of drug-likeness (QED) is 0.411. The zero-order valence-electron chi connectivity index (χ0n) is 11.3. The summed E-state index contributed by atoms with van der Waals surface area (Å²) >= 11 is 0. The summed E-state index contributed by atoms with van der Waals surface area (Å²) in [7, 11) is 2.95. The van der Waals surface area contributed by atoms with Gasteiger partial charge >= 0.3 is 5.97 Å². The van der Waals surface area contributed by atoms with Crippen LogP contribution in [-0.2, 0) is 23.8 Å². The Morgan fingerprint density at radius 3 is 2.61 bits per heavy atom. The van der Waals surface area contributed by atoms with E-state index < -0.39 is 5.79 Å². The first kappa shape index (κ1) is 15.1. The van der Waals surface area contributed by atoms with E-state index in [0.717, 1.165) is 6.29 Å². The summed E-state index contributed by atoms with van der Waals surface area (Å²) in [5.74, 6) is -1.18. The van der Waals surface area contributed by atoms with Crippen molar-refractivity contribution in [2.45, 2.75) is 38.4 Å². The number of aldehydes is 1. The Hall–Kier alpha value is -0.940. The maximum Gasteiger partial charge on any atom is 0.308 e. The number of esters is 1. The van der Waals surface area contributed by atoms with E-state index in [2.05, 4.69) is 0 Å². The Morgan fingerprint density at radius 2 is 2.11 bits per heavy atom. The van der Waals surface area contributed by atoms with Gasteiger partial charge in [0.1, 0.15) is 6.29 Å². The minimum absolute atomic E-state index is 0.104. The van der Waals surface area contributed by atoms with E-state index in [1.807, 2.05) is 6.92 Å². The molecule has 5 nitrogen and oxygen atoms in total. The van der Waals surface area contributed by atoms with Crippen LogP contribution in [0.3, 0.4) is 0 Å². The van der Waals surface area contributed by atoms with Crippen molar-refractivity contribution in [2.24, 2.45) is 11.8 Å². The molecule has 0 aromatic heterocycles. The standard InChI is InChI=1S/C13H22O5/c1-4-18-13(17-3)8-10(5-6-14)7-11(9-13)12(15)16-2/h6,10-11H,4-5,7-9H2,1-3H3. The van der Waals surface area contributed by atoms with Crippen LogP contribution in [-0.4, -0.2) is 38.9 Å². The Bertz CT molecular complexity index is 291. The number of ether oxygens (including phenoxy) is 3. The van der Waals surface area contributed by atoms with Gasteiger partial charge in [-0.1, -0.05) is 0 Å². The Kier molecular flexibility index (Phi) is 5.75. The van der Waals surface area contributed by atoms with Crippen LogP contribution in [0.15, 0.2) is 0 Å². The molecular weight excluding hydrogens is 236 g/mol. The first-order chi connectivity index (χ1) is 8.60. The summed E-state index contributed by atoms with van der Waals surface area (Å²) in [4.78, 5) is 22.4. The van der Waals surface area contributed by atoms with Crippen LogP contribution in [0.25, 0.3) is 0 Å². The van der Waals surface area contributed by atoms with Crippen LogP contribution in [0.1, 0.15) is 32.6 Å². The lowest BCUT2D eigenvalue weighted by atomic mass is 9.76. The van der Waals surface area contributed by atoms with Crippen molar-refractivity contribution < 1.29 is 23.8 Å². The highest BCUT2D eigenvalue weighted by Crippen LogP contribution is 2.40. The van der Waals surface area contributed by atoms with Gasteiger partial charge in [0.15, 0.2) is 5.79 Å². The third kappa shape index (κ3) is 3.53. The van der Waals surface area contributed by atoms with Crippen molar-refractivity contribution in [1.29, 1.82) is 0 Å². The van der Waals surface area contributed by atoms with E-state index in [1.165, 1.54) is 7.11 Å². The predicted octanol–water partition coefficient (Wildman–Crippen LogP) is 1.54. The molecule has 0 spiro atoms. The average Bonchev–Trinajstić information content (AvgIpc) is 2.38. The molecular formula is C13H22O5. The Morgan fingerprint density at radius 1 is 1.39 bits per heavy atom. The molecule has 0 aliphatic heterocycles. The van der Waals surface area contributed by atoms with Gasteiger partial charge in [-0.25, -0.2) is 0 Å². The maximum atomic E-state index is 11.7. The number of carbonyl (C=O) groups is 2. The molecule has 3 unspecified atom stereocenters. The zero-order chi connectivity index (χ0) is 13.6. The third-order valence-electron chi connectivity index (χ3n) is 3.52. The second-order valence-electron chi connectivity index (χ2n) is 4.68. The fraction of sp³-hybridized carbons (Fsp3) is 0.846. The first-order valence-electron chi connectivity index (χ1n) is 6.31. The van der Waals surface area contributed by atoms with Gasteiger partial charge in [-0.2, -0.15) is 0 Å². The number of rotatable bonds is 6. The molecule has 0 bridgehead atoms. The summed E-state index contributed by atoms with van der Waals surface area (Å²) in [6, 6.07) is 0. The SMILES string of the molecule is CCOC1(OC)CC(CC=O)CC(C(=O)OC)C1. The van der Waals surface area contributed by atoms with Crippen LogP contribution < -0.4 is 0 Å². The molecule has 104 valence electrons. The van der Waals surface area contributed by atoms with Gasteiger partial charge in [0.05, 0.1) is 13.0 Å². The minimum atomic E-state index is -0.764. The zero-order valence-corrected chi connectivity index (χ0v) is 11.3. The minimum Gasteiger partial charge on any atom is -0.469 e. The van der Waals surface area contributed by atoms with E-state index in [9.17, 15) is 9.59 Å². The summed E-state index contributed by atoms with van der Waals surface area (Å²) in [5, 5.41) is 0. The average molecular weight is 258 g/mol. The van der Waals surface area contributed by atoms with Crippen molar-refractivity contribution in [3.63, 3.8) is 0 Å². The van der Waals surface area contributed by atoms with E-state index in [0.29, 0.717) is 32.3 Å². The predicted molar refractivity (Wildman–Crippen MR) is 64.9 cm³/mol. The van der Waals surface area contributed by atoms with Crippen molar-refractivity contribution in [2.75, 3.05) is 20.8 Å². The van der Waals surface area contributed by atoms with Crippen molar-refractivity contribution >= 4 is 12.3 Å². The smallest absolute Gasteiger partial charge is 0.308 e. The van der Waals surface area contributed by atoms with Crippen molar-refractivity contribution in [3.05, 3.63) is 0 Å². The molecule has 5 heteroatoms. The van der Waals surface area contributed by atoms with Gasteiger partial charge in [-0.05, 0) is 19.3 Å². The molecule has 0 aromatic carbocycles. The van der Waals surface area contributed by atoms with Gasteiger partial charge in [0.2, 0.25) is 0 Å². The van der Waals surface area contributed by atoms with Gasteiger partial charge in [0, 0.05) is 33.0 Å². The monoisotopic (exact) mass is 258 g/mol. The van der Waals surface area contributed by atoms with Gasteiger partial charge in [-0.15, -0.1) is 0 Å². The molecule has 1 aliphatic rings. The van der Waals surface area contributed by atoms with Gasteiger partial charge in [0.25, 0.3) is 0 Å². The lowest BCUT2D eigenvalue weighted by Gasteiger charge is -2.41. The first-order valence-corrected chi connectivity index (χ1v) is 6.31.